The Morgan fingerprint density at radius 2 is 2.15 bits per heavy atom. The first-order chi connectivity index (χ1) is 9.83. The van der Waals surface area contributed by atoms with Gasteiger partial charge >= 0.3 is 0 Å². The topological polar surface area (TPSA) is 41.3 Å². The summed E-state index contributed by atoms with van der Waals surface area (Å²) in [7, 11) is 0. The molecule has 0 bridgehead atoms. The molecule has 1 aliphatic rings. The molecule has 3 rings (SSSR count). The Hall–Kier alpha value is -1.81. The molecule has 4 heteroatoms. The number of rotatable bonds is 4. The SMILES string of the molecule is CC(NC1CCN(c2ccccn2)CC1)c1ccoc1. The maximum Gasteiger partial charge on any atom is 0.128 e. The number of pyridine rings is 1. The number of furan rings is 1. The van der Waals surface area contributed by atoms with E-state index in [9.17, 15) is 0 Å². The summed E-state index contributed by atoms with van der Waals surface area (Å²) in [5.41, 5.74) is 1.22. The van der Waals surface area contributed by atoms with E-state index in [2.05, 4.69) is 28.2 Å². The van der Waals surface area contributed by atoms with Crippen molar-refractivity contribution in [3.8, 4) is 0 Å². The number of piperidine rings is 1. The molecule has 0 saturated carbocycles. The lowest BCUT2D eigenvalue weighted by atomic mass is 10.0. The number of aromatic nitrogens is 1. The van der Waals surface area contributed by atoms with Gasteiger partial charge < -0.3 is 14.6 Å². The van der Waals surface area contributed by atoms with Crippen LogP contribution in [0.3, 0.4) is 0 Å². The zero-order valence-corrected chi connectivity index (χ0v) is 11.8. The average molecular weight is 271 g/mol. The summed E-state index contributed by atoms with van der Waals surface area (Å²) in [6, 6.07) is 9.04. The van der Waals surface area contributed by atoms with E-state index in [1.807, 2.05) is 30.7 Å². The van der Waals surface area contributed by atoms with Crippen LogP contribution in [0.4, 0.5) is 5.82 Å². The van der Waals surface area contributed by atoms with Gasteiger partial charge in [-0.15, -0.1) is 0 Å². The van der Waals surface area contributed by atoms with Crippen molar-refractivity contribution in [2.24, 2.45) is 0 Å². The highest BCUT2D eigenvalue weighted by Gasteiger charge is 2.21. The minimum absolute atomic E-state index is 0.347. The normalized spacial score (nSPS) is 18.1. The van der Waals surface area contributed by atoms with Crippen molar-refractivity contribution in [1.29, 1.82) is 0 Å². The van der Waals surface area contributed by atoms with E-state index in [0.29, 0.717) is 12.1 Å². The fourth-order valence-corrected chi connectivity index (χ4v) is 2.79. The molecule has 2 aromatic rings. The van der Waals surface area contributed by atoms with Gasteiger partial charge in [-0.2, -0.15) is 0 Å². The molecular weight excluding hydrogens is 250 g/mol. The maximum absolute atomic E-state index is 5.14. The van der Waals surface area contributed by atoms with Gasteiger partial charge in [-0.3, -0.25) is 0 Å². The van der Waals surface area contributed by atoms with Crippen molar-refractivity contribution in [1.82, 2.24) is 10.3 Å². The number of nitrogens with zero attached hydrogens (tertiary/aromatic N) is 2. The summed E-state index contributed by atoms with van der Waals surface area (Å²) < 4.78 is 5.14. The van der Waals surface area contributed by atoms with Gasteiger partial charge in [0.15, 0.2) is 0 Å². The number of hydrogen-bond donors (Lipinski definition) is 1. The first-order valence-corrected chi connectivity index (χ1v) is 7.27. The Morgan fingerprint density at radius 3 is 2.80 bits per heavy atom. The second-order valence-corrected chi connectivity index (χ2v) is 5.39. The van der Waals surface area contributed by atoms with Crippen molar-refractivity contribution in [3.63, 3.8) is 0 Å². The van der Waals surface area contributed by atoms with Gasteiger partial charge in [-0.25, -0.2) is 4.98 Å². The second-order valence-electron chi connectivity index (χ2n) is 5.39. The van der Waals surface area contributed by atoms with Crippen LogP contribution in [0.2, 0.25) is 0 Å². The van der Waals surface area contributed by atoms with Crippen LogP contribution in [0.25, 0.3) is 0 Å². The third kappa shape index (κ3) is 3.02. The van der Waals surface area contributed by atoms with Gasteiger partial charge in [-0.1, -0.05) is 6.07 Å². The lowest BCUT2D eigenvalue weighted by Crippen LogP contribution is -2.43. The van der Waals surface area contributed by atoms with Gasteiger partial charge in [0.05, 0.1) is 12.5 Å². The zero-order valence-electron chi connectivity index (χ0n) is 11.8. The van der Waals surface area contributed by atoms with E-state index >= 15 is 0 Å². The van der Waals surface area contributed by atoms with Gasteiger partial charge in [0, 0.05) is 36.9 Å². The molecule has 20 heavy (non-hydrogen) atoms. The Balaban J connectivity index is 1.51. The second kappa shape index (κ2) is 6.09. The molecule has 1 N–H and O–H groups in total. The lowest BCUT2D eigenvalue weighted by molar-refractivity contribution is 0.378. The van der Waals surface area contributed by atoms with Gasteiger partial charge in [0.2, 0.25) is 0 Å². The predicted octanol–water partition coefficient (Wildman–Crippen LogP) is 2.99. The molecule has 0 amide bonds. The molecule has 1 unspecified atom stereocenters. The van der Waals surface area contributed by atoms with Gasteiger partial charge in [0.1, 0.15) is 5.82 Å². The number of hydrogen-bond acceptors (Lipinski definition) is 4. The smallest absolute Gasteiger partial charge is 0.128 e. The molecule has 4 nitrogen and oxygen atoms in total. The van der Waals surface area contributed by atoms with E-state index < -0.39 is 0 Å². The van der Waals surface area contributed by atoms with E-state index in [1.165, 1.54) is 5.56 Å². The number of anilines is 1. The molecule has 1 atom stereocenters. The molecule has 106 valence electrons. The predicted molar refractivity (Wildman–Crippen MR) is 79.7 cm³/mol. The zero-order chi connectivity index (χ0) is 13.8. The Morgan fingerprint density at radius 1 is 1.30 bits per heavy atom. The summed E-state index contributed by atoms with van der Waals surface area (Å²) >= 11 is 0. The summed E-state index contributed by atoms with van der Waals surface area (Å²) in [5.74, 6) is 1.09. The Labute approximate surface area is 119 Å². The summed E-state index contributed by atoms with van der Waals surface area (Å²) in [6.07, 6.45) is 7.72. The van der Waals surface area contributed by atoms with Gasteiger partial charge in [-0.05, 0) is 38.0 Å². The lowest BCUT2D eigenvalue weighted by Gasteiger charge is -2.34. The van der Waals surface area contributed by atoms with Crippen molar-refractivity contribution in [2.45, 2.75) is 31.8 Å². The number of nitrogens with one attached hydrogen (secondary N) is 1. The van der Waals surface area contributed by atoms with Crippen LogP contribution in [0.15, 0.2) is 47.4 Å². The van der Waals surface area contributed by atoms with Crippen molar-refractivity contribution in [2.75, 3.05) is 18.0 Å². The van der Waals surface area contributed by atoms with Crippen LogP contribution in [-0.2, 0) is 0 Å². The van der Waals surface area contributed by atoms with Crippen LogP contribution >= 0.6 is 0 Å². The van der Waals surface area contributed by atoms with Crippen molar-refractivity contribution in [3.05, 3.63) is 48.6 Å². The summed E-state index contributed by atoms with van der Waals surface area (Å²) in [4.78, 5) is 6.78. The van der Waals surface area contributed by atoms with Crippen LogP contribution in [-0.4, -0.2) is 24.1 Å². The molecule has 2 aromatic heterocycles. The van der Waals surface area contributed by atoms with Crippen LogP contribution in [0, 0.1) is 0 Å². The highest BCUT2D eigenvalue weighted by Crippen LogP contribution is 2.20. The Bertz CT molecular complexity index is 504. The largest absolute Gasteiger partial charge is 0.472 e. The minimum Gasteiger partial charge on any atom is -0.472 e. The van der Waals surface area contributed by atoms with Gasteiger partial charge in [0.25, 0.3) is 0 Å². The maximum atomic E-state index is 5.14. The van der Waals surface area contributed by atoms with Crippen molar-refractivity contribution >= 4 is 5.82 Å². The van der Waals surface area contributed by atoms with Crippen LogP contribution < -0.4 is 10.2 Å². The Kier molecular flexibility index (Phi) is 4.02. The van der Waals surface area contributed by atoms with Crippen LogP contribution in [0.5, 0.6) is 0 Å². The average Bonchev–Trinajstić information content (AvgIpc) is 3.03. The van der Waals surface area contributed by atoms with Crippen molar-refractivity contribution < 1.29 is 4.42 Å². The monoisotopic (exact) mass is 271 g/mol. The molecule has 0 spiro atoms. The quantitative estimate of drug-likeness (QED) is 0.928. The minimum atomic E-state index is 0.347. The highest BCUT2D eigenvalue weighted by molar-refractivity contribution is 5.38. The van der Waals surface area contributed by atoms with E-state index in [0.717, 1.165) is 31.7 Å². The van der Waals surface area contributed by atoms with E-state index in [-0.39, 0.29) is 0 Å². The third-order valence-electron chi connectivity index (χ3n) is 4.00. The molecule has 1 saturated heterocycles. The molecule has 1 fully saturated rings. The summed E-state index contributed by atoms with van der Waals surface area (Å²) in [5, 5.41) is 3.69. The summed E-state index contributed by atoms with van der Waals surface area (Å²) in [6.45, 7) is 4.32. The molecule has 3 heterocycles. The molecule has 0 aromatic carbocycles. The van der Waals surface area contributed by atoms with E-state index in [4.69, 9.17) is 4.42 Å². The highest BCUT2D eigenvalue weighted by atomic mass is 16.3. The molecule has 0 radical (unpaired) electrons. The standard InChI is InChI=1S/C16H21N3O/c1-13(14-7-11-20-12-14)18-15-5-9-19(10-6-15)16-4-2-3-8-17-16/h2-4,7-8,11-13,15,18H,5-6,9-10H2,1H3. The molecule has 1 aliphatic heterocycles. The fraction of sp³-hybridized carbons (Fsp3) is 0.438. The molecule has 0 aliphatic carbocycles. The first kappa shape index (κ1) is 13.2. The van der Waals surface area contributed by atoms with E-state index in [1.54, 1.807) is 6.26 Å². The fourth-order valence-electron chi connectivity index (χ4n) is 2.79. The third-order valence-corrected chi connectivity index (χ3v) is 4.00. The van der Waals surface area contributed by atoms with Crippen LogP contribution in [0.1, 0.15) is 31.4 Å². The molecular formula is C16H21N3O. The first-order valence-electron chi connectivity index (χ1n) is 7.27.